The second kappa shape index (κ2) is 5.85. The maximum atomic E-state index is 12.7. The van der Waals surface area contributed by atoms with Gasteiger partial charge in [0.05, 0.1) is 12.6 Å². The Morgan fingerprint density at radius 2 is 1.61 bits per heavy atom. The Bertz CT molecular complexity index is 718. The molecule has 1 aliphatic rings. The number of benzene rings is 2. The van der Waals surface area contributed by atoms with Gasteiger partial charge in [0.25, 0.3) is 5.91 Å². The van der Waals surface area contributed by atoms with Crippen LogP contribution in [0.5, 0.6) is 0 Å². The first-order chi connectivity index (χ1) is 11.0. The summed E-state index contributed by atoms with van der Waals surface area (Å²) < 4.78 is 0. The number of aliphatic hydroxyl groups excluding tert-OH is 1. The predicted molar refractivity (Wildman–Crippen MR) is 85.4 cm³/mol. The highest BCUT2D eigenvalue weighted by atomic mass is 16.3. The molecule has 5 nitrogen and oxygen atoms in total. The molecule has 0 aromatic heterocycles. The first-order valence-corrected chi connectivity index (χ1v) is 7.45. The molecule has 23 heavy (non-hydrogen) atoms. The van der Waals surface area contributed by atoms with Gasteiger partial charge in [-0.05, 0) is 18.1 Å². The fourth-order valence-corrected chi connectivity index (χ4v) is 2.78. The topological polar surface area (TPSA) is 69.6 Å². The Hall–Kier alpha value is -2.66. The number of β-amino-alcohol motifs (C(OH)–C–C–N with tert-alkyl or cyclic N) is 1. The molecule has 3 amide bonds. The summed E-state index contributed by atoms with van der Waals surface area (Å²) in [6.45, 7) is 1.61. The highest BCUT2D eigenvalue weighted by molar-refractivity contribution is 6.07. The van der Waals surface area contributed by atoms with Gasteiger partial charge in [-0.3, -0.25) is 9.69 Å². The van der Waals surface area contributed by atoms with Crippen molar-refractivity contribution in [1.82, 2.24) is 10.2 Å². The summed E-state index contributed by atoms with van der Waals surface area (Å²) in [4.78, 5) is 26.0. The lowest BCUT2D eigenvalue weighted by molar-refractivity contribution is -0.132. The van der Waals surface area contributed by atoms with E-state index in [1.165, 1.54) is 0 Å². The Morgan fingerprint density at radius 3 is 2.22 bits per heavy atom. The Morgan fingerprint density at radius 1 is 1.04 bits per heavy atom. The van der Waals surface area contributed by atoms with Crippen LogP contribution in [0.1, 0.15) is 24.2 Å². The molecular formula is C18H18N2O3. The fraction of sp³-hybridized carbons (Fsp3) is 0.222. The Kier molecular flexibility index (Phi) is 3.88. The SMILES string of the molecule is C[C@@]1(c2ccccc2)NC(=O)N(C[C@H](O)c2ccccc2)C1=O. The number of carbonyl (C=O) groups excluding carboxylic acids is 2. The van der Waals surface area contributed by atoms with Gasteiger partial charge in [-0.25, -0.2) is 4.79 Å². The number of aliphatic hydroxyl groups is 1. The first-order valence-electron chi connectivity index (χ1n) is 7.45. The summed E-state index contributed by atoms with van der Waals surface area (Å²) in [7, 11) is 0. The monoisotopic (exact) mass is 310 g/mol. The van der Waals surface area contributed by atoms with Gasteiger partial charge in [-0.2, -0.15) is 0 Å². The van der Waals surface area contributed by atoms with Crippen LogP contribution in [-0.4, -0.2) is 28.5 Å². The molecule has 2 N–H and O–H groups in total. The molecule has 0 spiro atoms. The molecule has 2 aromatic carbocycles. The van der Waals surface area contributed by atoms with Crippen LogP contribution in [0.25, 0.3) is 0 Å². The molecule has 2 aromatic rings. The molecule has 0 bridgehead atoms. The van der Waals surface area contributed by atoms with Crippen molar-refractivity contribution in [1.29, 1.82) is 0 Å². The van der Waals surface area contributed by atoms with Crippen LogP contribution in [0.15, 0.2) is 60.7 Å². The van der Waals surface area contributed by atoms with Crippen LogP contribution >= 0.6 is 0 Å². The number of hydrogen-bond acceptors (Lipinski definition) is 3. The van der Waals surface area contributed by atoms with Gasteiger partial charge in [0.1, 0.15) is 5.54 Å². The maximum Gasteiger partial charge on any atom is 0.325 e. The van der Waals surface area contributed by atoms with Crippen molar-refractivity contribution in [2.45, 2.75) is 18.6 Å². The Labute approximate surface area is 134 Å². The molecule has 5 heteroatoms. The predicted octanol–water partition coefficient (Wildman–Crippen LogP) is 2.19. The highest BCUT2D eigenvalue weighted by Gasteiger charge is 2.49. The highest BCUT2D eigenvalue weighted by Crippen LogP contribution is 2.29. The van der Waals surface area contributed by atoms with Gasteiger partial charge in [-0.1, -0.05) is 60.7 Å². The number of urea groups is 1. The van der Waals surface area contributed by atoms with Crippen molar-refractivity contribution >= 4 is 11.9 Å². The van der Waals surface area contributed by atoms with E-state index in [9.17, 15) is 14.7 Å². The van der Waals surface area contributed by atoms with E-state index in [1.807, 2.05) is 24.3 Å². The third-order valence-electron chi connectivity index (χ3n) is 4.17. The van der Waals surface area contributed by atoms with Crippen LogP contribution in [0.3, 0.4) is 0 Å². The quantitative estimate of drug-likeness (QED) is 0.851. The minimum atomic E-state index is -1.10. The summed E-state index contributed by atoms with van der Waals surface area (Å²) in [5.74, 6) is -0.358. The van der Waals surface area contributed by atoms with Gasteiger partial charge in [0.2, 0.25) is 0 Å². The van der Waals surface area contributed by atoms with E-state index < -0.39 is 17.7 Å². The molecule has 0 radical (unpaired) electrons. The number of hydrogen-bond donors (Lipinski definition) is 2. The molecule has 0 aliphatic carbocycles. The zero-order chi connectivity index (χ0) is 16.4. The van der Waals surface area contributed by atoms with Crippen LogP contribution in [0.2, 0.25) is 0 Å². The molecular weight excluding hydrogens is 292 g/mol. The molecule has 2 atom stereocenters. The van der Waals surface area contributed by atoms with Crippen molar-refractivity contribution in [3.63, 3.8) is 0 Å². The van der Waals surface area contributed by atoms with E-state index in [2.05, 4.69) is 5.32 Å². The van der Waals surface area contributed by atoms with Gasteiger partial charge in [0, 0.05) is 0 Å². The fourth-order valence-electron chi connectivity index (χ4n) is 2.78. The summed E-state index contributed by atoms with van der Waals surface area (Å²) in [6.07, 6.45) is -0.913. The standard InChI is InChI=1S/C18H18N2O3/c1-18(14-10-6-3-7-11-14)16(22)20(17(23)19-18)12-15(21)13-8-4-2-5-9-13/h2-11,15,21H,12H2,1H3,(H,19,23)/t15-,18-/m0/s1. The lowest BCUT2D eigenvalue weighted by Gasteiger charge is -2.23. The van der Waals surface area contributed by atoms with E-state index in [0.29, 0.717) is 5.56 Å². The van der Waals surface area contributed by atoms with Crippen molar-refractivity contribution in [3.05, 3.63) is 71.8 Å². The molecule has 3 rings (SSSR count). The van der Waals surface area contributed by atoms with Crippen LogP contribution in [0.4, 0.5) is 4.79 Å². The van der Waals surface area contributed by atoms with Gasteiger partial charge < -0.3 is 10.4 Å². The van der Waals surface area contributed by atoms with E-state index in [0.717, 1.165) is 10.5 Å². The van der Waals surface area contributed by atoms with Gasteiger partial charge >= 0.3 is 6.03 Å². The first kappa shape index (κ1) is 15.2. The van der Waals surface area contributed by atoms with E-state index in [-0.39, 0.29) is 12.5 Å². The van der Waals surface area contributed by atoms with E-state index in [4.69, 9.17) is 0 Å². The third kappa shape index (κ3) is 2.71. The largest absolute Gasteiger partial charge is 0.387 e. The van der Waals surface area contributed by atoms with Crippen molar-refractivity contribution < 1.29 is 14.7 Å². The van der Waals surface area contributed by atoms with Gasteiger partial charge in [-0.15, -0.1) is 0 Å². The normalized spacial score (nSPS) is 22.1. The second-order valence-electron chi connectivity index (χ2n) is 5.76. The van der Waals surface area contributed by atoms with Crippen molar-refractivity contribution in [2.75, 3.05) is 6.54 Å². The summed E-state index contributed by atoms with van der Waals surface area (Å²) in [5, 5.41) is 13.0. The smallest absolute Gasteiger partial charge is 0.325 e. The summed E-state index contributed by atoms with van der Waals surface area (Å²) >= 11 is 0. The summed E-state index contributed by atoms with van der Waals surface area (Å²) in [5.41, 5.74) is 0.283. The van der Waals surface area contributed by atoms with Crippen LogP contribution in [0, 0.1) is 0 Å². The molecule has 118 valence electrons. The lowest BCUT2D eigenvalue weighted by atomic mass is 9.92. The molecule has 0 saturated carbocycles. The molecule has 1 saturated heterocycles. The van der Waals surface area contributed by atoms with E-state index in [1.54, 1.807) is 43.3 Å². The summed E-state index contributed by atoms with van der Waals surface area (Å²) in [6, 6.07) is 17.6. The number of carbonyl (C=O) groups is 2. The van der Waals surface area contributed by atoms with Crippen molar-refractivity contribution in [3.8, 4) is 0 Å². The third-order valence-corrected chi connectivity index (χ3v) is 4.17. The van der Waals surface area contributed by atoms with Crippen LogP contribution < -0.4 is 5.32 Å². The number of nitrogens with one attached hydrogen (secondary N) is 1. The minimum Gasteiger partial charge on any atom is -0.387 e. The second-order valence-corrected chi connectivity index (χ2v) is 5.76. The average Bonchev–Trinajstić information content (AvgIpc) is 2.81. The molecule has 1 fully saturated rings. The minimum absolute atomic E-state index is 0.0723. The average molecular weight is 310 g/mol. The number of nitrogens with zero attached hydrogens (tertiary/aromatic N) is 1. The zero-order valence-electron chi connectivity index (χ0n) is 12.8. The molecule has 0 unspecified atom stereocenters. The molecule has 1 aliphatic heterocycles. The van der Waals surface area contributed by atoms with Gasteiger partial charge in [0.15, 0.2) is 0 Å². The van der Waals surface area contributed by atoms with Crippen LogP contribution in [-0.2, 0) is 10.3 Å². The van der Waals surface area contributed by atoms with Crippen molar-refractivity contribution in [2.24, 2.45) is 0 Å². The lowest BCUT2D eigenvalue weighted by Crippen LogP contribution is -2.41. The zero-order valence-corrected chi connectivity index (χ0v) is 12.8. The number of amides is 3. The number of rotatable bonds is 4. The Balaban J connectivity index is 1.82. The van der Waals surface area contributed by atoms with E-state index >= 15 is 0 Å². The number of imide groups is 1. The maximum absolute atomic E-state index is 12.7. The molecule has 1 heterocycles.